The number of ether oxygens (including phenoxy) is 1. The number of benzene rings is 3. The fourth-order valence-corrected chi connectivity index (χ4v) is 3.23. The number of aromatic amines is 1. The maximum absolute atomic E-state index is 12.5. The van der Waals surface area contributed by atoms with Crippen LogP contribution in [-0.2, 0) is 0 Å². The molecule has 154 valence electrons. The first-order valence-electron chi connectivity index (χ1n) is 10.0. The van der Waals surface area contributed by atoms with Crippen LogP contribution in [0.25, 0.3) is 17.0 Å². The lowest BCUT2D eigenvalue weighted by molar-refractivity contribution is 0.104. The minimum Gasteiger partial charge on any atom is -0.504 e. The lowest BCUT2D eigenvalue weighted by atomic mass is 10.1. The largest absolute Gasteiger partial charge is 0.504 e. The Kier molecular flexibility index (Phi) is 5.94. The van der Waals surface area contributed by atoms with Gasteiger partial charge in [-0.1, -0.05) is 30.3 Å². The van der Waals surface area contributed by atoms with Gasteiger partial charge in [0, 0.05) is 34.4 Å². The van der Waals surface area contributed by atoms with Crippen LogP contribution in [0, 0.1) is 0 Å². The predicted octanol–water partition coefficient (Wildman–Crippen LogP) is 5.92. The molecule has 0 unspecified atom stereocenters. The number of aromatic nitrogens is 1. The number of allylic oxidation sites excluding steroid dienone is 1. The number of carbonyl (C=O) groups is 1. The number of phenolic OH excluding ortho intramolecular Hbond substituents is 1. The van der Waals surface area contributed by atoms with Crippen molar-refractivity contribution in [1.82, 2.24) is 4.98 Å². The Labute approximate surface area is 180 Å². The van der Waals surface area contributed by atoms with Gasteiger partial charge in [0.1, 0.15) is 0 Å². The summed E-state index contributed by atoms with van der Waals surface area (Å²) in [5.74, 6) is 0.363. The van der Waals surface area contributed by atoms with Crippen molar-refractivity contribution in [3.63, 3.8) is 0 Å². The van der Waals surface area contributed by atoms with Gasteiger partial charge in [-0.2, -0.15) is 0 Å². The molecule has 0 amide bonds. The fraction of sp³-hybridized carbons (Fsp3) is 0.0769. The van der Waals surface area contributed by atoms with E-state index in [2.05, 4.69) is 9.98 Å². The molecule has 0 aliphatic heterocycles. The summed E-state index contributed by atoms with van der Waals surface area (Å²) in [4.78, 5) is 20.2. The van der Waals surface area contributed by atoms with Gasteiger partial charge in [0.15, 0.2) is 17.3 Å². The number of nitrogens with zero attached hydrogens (tertiary/aromatic N) is 1. The molecule has 1 aromatic heterocycles. The highest BCUT2D eigenvalue weighted by Crippen LogP contribution is 2.27. The molecule has 0 atom stereocenters. The Morgan fingerprint density at radius 2 is 1.90 bits per heavy atom. The van der Waals surface area contributed by atoms with Gasteiger partial charge >= 0.3 is 0 Å². The van der Waals surface area contributed by atoms with Gasteiger partial charge in [-0.05, 0) is 61.0 Å². The molecule has 5 nitrogen and oxygen atoms in total. The first-order chi connectivity index (χ1) is 15.1. The third-order valence-electron chi connectivity index (χ3n) is 4.84. The summed E-state index contributed by atoms with van der Waals surface area (Å²) in [6, 6.07) is 20.2. The minimum absolute atomic E-state index is 0.0779. The Morgan fingerprint density at radius 1 is 1.10 bits per heavy atom. The number of hydrogen-bond acceptors (Lipinski definition) is 4. The normalized spacial score (nSPS) is 11.5. The summed E-state index contributed by atoms with van der Waals surface area (Å²) in [6.45, 7) is 2.30. The predicted molar refractivity (Wildman–Crippen MR) is 125 cm³/mol. The van der Waals surface area contributed by atoms with Crippen molar-refractivity contribution < 1.29 is 14.6 Å². The molecular formula is C26H22N2O3. The highest BCUT2D eigenvalue weighted by atomic mass is 16.5. The van der Waals surface area contributed by atoms with Gasteiger partial charge in [-0.25, -0.2) is 0 Å². The molecule has 0 saturated carbocycles. The van der Waals surface area contributed by atoms with Crippen LogP contribution < -0.4 is 4.74 Å². The van der Waals surface area contributed by atoms with Crippen molar-refractivity contribution in [2.75, 3.05) is 6.61 Å². The van der Waals surface area contributed by atoms with Crippen molar-refractivity contribution in [2.24, 2.45) is 4.99 Å². The third-order valence-corrected chi connectivity index (χ3v) is 4.84. The summed E-state index contributed by atoms with van der Waals surface area (Å²) < 4.78 is 5.37. The molecule has 4 rings (SSSR count). The van der Waals surface area contributed by atoms with Gasteiger partial charge < -0.3 is 14.8 Å². The molecule has 0 saturated heterocycles. The molecule has 4 aromatic rings. The topological polar surface area (TPSA) is 74.7 Å². The molecular weight excluding hydrogens is 388 g/mol. The molecule has 0 aliphatic rings. The van der Waals surface area contributed by atoms with E-state index in [9.17, 15) is 9.90 Å². The second kappa shape index (κ2) is 9.13. The smallest absolute Gasteiger partial charge is 0.185 e. The molecule has 5 heteroatoms. The highest BCUT2D eigenvalue weighted by Gasteiger charge is 2.05. The van der Waals surface area contributed by atoms with E-state index in [1.54, 1.807) is 36.4 Å². The monoisotopic (exact) mass is 410 g/mol. The molecule has 0 aliphatic carbocycles. The Balaban J connectivity index is 1.44. The zero-order valence-corrected chi connectivity index (χ0v) is 17.1. The maximum Gasteiger partial charge on any atom is 0.185 e. The van der Waals surface area contributed by atoms with E-state index in [1.807, 2.05) is 55.7 Å². The maximum atomic E-state index is 12.5. The first kappa shape index (κ1) is 20.2. The van der Waals surface area contributed by atoms with E-state index in [1.165, 1.54) is 6.08 Å². The van der Waals surface area contributed by atoms with E-state index in [4.69, 9.17) is 4.74 Å². The summed E-state index contributed by atoms with van der Waals surface area (Å²) in [7, 11) is 0. The van der Waals surface area contributed by atoms with Crippen LogP contribution >= 0.6 is 0 Å². The number of carbonyl (C=O) groups excluding carboxylic acids is 1. The fourth-order valence-electron chi connectivity index (χ4n) is 3.23. The lowest BCUT2D eigenvalue weighted by Crippen LogP contribution is -1.94. The summed E-state index contributed by atoms with van der Waals surface area (Å²) in [5, 5.41) is 10.9. The van der Waals surface area contributed by atoms with Crippen LogP contribution in [-0.4, -0.2) is 28.7 Å². The van der Waals surface area contributed by atoms with Crippen LogP contribution in [0.1, 0.15) is 28.4 Å². The molecule has 31 heavy (non-hydrogen) atoms. The Bertz CT molecular complexity index is 1270. The number of aromatic hydroxyl groups is 1. The first-order valence-corrected chi connectivity index (χ1v) is 10.0. The molecule has 1 heterocycles. The molecule has 2 N–H and O–H groups in total. The number of hydrogen-bond donors (Lipinski definition) is 2. The summed E-state index contributed by atoms with van der Waals surface area (Å²) >= 11 is 0. The van der Waals surface area contributed by atoms with E-state index in [-0.39, 0.29) is 11.5 Å². The van der Waals surface area contributed by atoms with E-state index in [0.717, 1.165) is 27.7 Å². The average Bonchev–Trinajstić information content (AvgIpc) is 3.21. The second-order valence-electron chi connectivity index (χ2n) is 6.95. The number of para-hydroxylation sites is 1. The molecule has 0 fully saturated rings. The number of fused-ring (bicyclic) bond motifs is 1. The zero-order valence-electron chi connectivity index (χ0n) is 17.1. The SMILES string of the molecule is CCOc1cc(/C=C/C(=O)c2ccc(/N=C/c3c[nH]c4ccccc34)cc2)ccc1O. The number of rotatable bonds is 7. The van der Waals surface area contributed by atoms with Gasteiger partial charge in [0.25, 0.3) is 0 Å². The van der Waals surface area contributed by atoms with Crippen molar-refractivity contribution >= 4 is 34.7 Å². The zero-order chi connectivity index (χ0) is 21.6. The quantitative estimate of drug-likeness (QED) is 0.226. The Morgan fingerprint density at radius 3 is 2.71 bits per heavy atom. The third kappa shape index (κ3) is 4.73. The number of nitrogens with one attached hydrogen (secondary N) is 1. The van der Waals surface area contributed by atoms with Crippen molar-refractivity contribution in [3.8, 4) is 11.5 Å². The lowest BCUT2D eigenvalue weighted by Gasteiger charge is -2.06. The number of aliphatic imine (C=N–C) groups is 1. The second-order valence-corrected chi connectivity index (χ2v) is 6.95. The average molecular weight is 410 g/mol. The van der Waals surface area contributed by atoms with Crippen molar-refractivity contribution in [1.29, 1.82) is 0 Å². The van der Waals surface area contributed by atoms with Gasteiger partial charge in [0.05, 0.1) is 12.3 Å². The van der Waals surface area contributed by atoms with Gasteiger partial charge in [-0.3, -0.25) is 9.79 Å². The van der Waals surface area contributed by atoms with Crippen LogP contribution in [0.3, 0.4) is 0 Å². The molecule has 0 bridgehead atoms. The molecule has 3 aromatic carbocycles. The number of ketones is 1. The van der Waals surface area contributed by atoms with Crippen LogP contribution in [0.2, 0.25) is 0 Å². The minimum atomic E-state index is -0.113. The Hall–Kier alpha value is -4.12. The summed E-state index contributed by atoms with van der Waals surface area (Å²) in [5.41, 5.74) is 4.20. The molecule has 0 spiro atoms. The highest BCUT2D eigenvalue weighted by molar-refractivity contribution is 6.07. The number of phenols is 1. The van der Waals surface area contributed by atoms with E-state index < -0.39 is 0 Å². The van der Waals surface area contributed by atoms with Crippen LogP contribution in [0.4, 0.5) is 5.69 Å². The van der Waals surface area contributed by atoms with Crippen LogP contribution in [0.5, 0.6) is 11.5 Å². The van der Waals surface area contributed by atoms with E-state index in [0.29, 0.717) is 17.9 Å². The van der Waals surface area contributed by atoms with Gasteiger partial charge in [0.2, 0.25) is 0 Å². The van der Waals surface area contributed by atoms with Crippen molar-refractivity contribution in [3.05, 3.63) is 95.7 Å². The number of H-pyrrole nitrogens is 1. The van der Waals surface area contributed by atoms with Gasteiger partial charge in [-0.15, -0.1) is 0 Å². The van der Waals surface area contributed by atoms with Crippen LogP contribution in [0.15, 0.2) is 84.0 Å². The molecule has 0 radical (unpaired) electrons. The summed E-state index contributed by atoms with van der Waals surface area (Å²) in [6.07, 6.45) is 6.95. The van der Waals surface area contributed by atoms with Crippen molar-refractivity contribution in [2.45, 2.75) is 6.92 Å². The standard InChI is InChI=1S/C26H22N2O3/c1-2-31-26-15-18(8-14-25(26)30)7-13-24(29)19-9-11-21(12-10-19)27-16-20-17-28-23-6-4-3-5-22(20)23/h3-17,28,30H,2H2,1H3/b13-7+,27-16+. The van der Waals surface area contributed by atoms with E-state index >= 15 is 0 Å².